The summed E-state index contributed by atoms with van der Waals surface area (Å²) in [5.41, 5.74) is -0.940. The van der Waals surface area contributed by atoms with E-state index in [4.69, 9.17) is 11.6 Å². The van der Waals surface area contributed by atoms with Crippen molar-refractivity contribution in [3.05, 3.63) is 56.7 Å². The summed E-state index contributed by atoms with van der Waals surface area (Å²) in [6, 6.07) is 7.41. The summed E-state index contributed by atoms with van der Waals surface area (Å²) >= 11 is 5.81. The van der Waals surface area contributed by atoms with Gasteiger partial charge >= 0.3 is 5.82 Å². The Morgan fingerprint density at radius 2 is 1.75 bits per heavy atom. The molecule has 0 atom stereocenters. The molecule has 0 spiro atoms. The summed E-state index contributed by atoms with van der Waals surface area (Å²) in [5, 5.41) is 28.4. The molecule has 0 radical (unpaired) electrons. The van der Waals surface area contributed by atoms with Crippen LogP contribution in [-0.2, 0) is 4.79 Å². The van der Waals surface area contributed by atoms with Gasteiger partial charge in [0.2, 0.25) is 5.91 Å². The Kier molecular flexibility index (Phi) is 7.38. The maximum absolute atomic E-state index is 12.9. The summed E-state index contributed by atoms with van der Waals surface area (Å²) in [4.78, 5) is 47.7. The van der Waals surface area contributed by atoms with Crippen molar-refractivity contribution in [2.75, 3.05) is 26.2 Å². The minimum absolute atomic E-state index is 0.150. The highest BCUT2D eigenvalue weighted by atomic mass is 35.5. The Labute approximate surface area is 187 Å². The monoisotopic (exact) mass is 463 g/mol. The van der Waals surface area contributed by atoms with Gasteiger partial charge in [0.1, 0.15) is 5.54 Å². The number of aromatic nitrogens is 2. The standard InChI is InChI=1S/C19H22ClN7O5/c20-13-3-1-12(2-4-13)16(28)22-9-10-23-18(30)19(5-7-21-8-6-19)24-17(29)14-11-15(26-25-14)27(31)32/h1-4,11,21H,5-10H2,(H,22,28)(H,23,30)(H,24,29)(H,25,26). The number of H-pyrrole nitrogens is 1. The van der Waals surface area contributed by atoms with Gasteiger partial charge in [-0.1, -0.05) is 16.7 Å². The van der Waals surface area contributed by atoms with Crippen LogP contribution in [0.25, 0.3) is 0 Å². The van der Waals surface area contributed by atoms with Crippen molar-refractivity contribution in [3.8, 4) is 0 Å². The van der Waals surface area contributed by atoms with Crippen molar-refractivity contribution < 1.29 is 19.3 Å². The van der Waals surface area contributed by atoms with Crippen molar-refractivity contribution in [1.29, 1.82) is 0 Å². The third kappa shape index (κ3) is 5.59. The predicted molar refractivity (Wildman–Crippen MR) is 114 cm³/mol. The highest BCUT2D eigenvalue weighted by molar-refractivity contribution is 6.30. The largest absolute Gasteiger partial charge is 0.358 e. The van der Waals surface area contributed by atoms with Crippen LogP contribution < -0.4 is 21.3 Å². The van der Waals surface area contributed by atoms with E-state index in [9.17, 15) is 24.5 Å². The van der Waals surface area contributed by atoms with Crippen LogP contribution in [0.4, 0.5) is 5.82 Å². The molecule has 2 aromatic rings. The molecule has 0 unspecified atom stereocenters. The van der Waals surface area contributed by atoms with Crippen LogP contribution in [0.5, 0.6) is 0 Å². The van der Waals surface area contributed by atoms with E-state index >= 15 is 0 Å². The summed E-state index contributed by atoms with van der Waals surface area (Å²) in [6.45, 7) is 1.33. The zero-order valence-electron chi connectivity index (χ0n) is 16.9. The molecule has 1 aromatic heterocycles. The lowest BCUT2D eigenvalue weighted by molar-refractivity contribution is -0.389. The number of benzene rings is 1. The molecule has 13 heteroatoms. The van der Waals surface area contributed by atoms with Crippen LogP contribution in [0.2, 0.25) is 5.02 Å². The first-order chi connectivity index (χ1) is 15.3. The number of nitro groups is 1. The van der Waals surface area contributed by atoms with Gasteiger partial charge < -0.3 is 31.4 Å². The van der Waals surface area contributed by atoms with Gasteiger partial charge in [-0.3, -0.25) is 14.4 Å². The van der Waals surface area contributed by atoms with Crippen molar-refractivity contribution in [3.63, 3.8) is 0 Å². The first-order valence-electron chi connectivity index (χ1n) is 9.86. The van der Waals surface area contributed by atoms with Crippen molar-refractivity contribution in [2.45, 2.75) is 18.4 Å². The van der Waals surface area contributed by atoms with Crippen LogP contribution in [-0.4, -0.2) is 64.6 Å². The number of carbonyl (C=O) groups is 3. The van der Waals surface area contributed by atoms with E-state index in [0.29, 0.717) is 36.5 Å². The molecule has 0 saturated carbocycles. The maximum Gasteiger partial charge on any atom is 0.343 e. The van der Waals surface area contributed by atoms with E-state index in [1.807, 2.05) is 0 Å². The molecule has 1 aromatic carbocycles. The number of rotatable bonds is 8. The van der Waals surface area contributed by atoms with Gasteiger partial charge in [0, 0.05) is 23.7 Å². The molecule has 170 valence electrons. The quantitative estimate of drug-likeness (QED) is 0.214. The number of hydrogen-bond donors (Lipinski definition) is 5. The molecule has 1 aliphatic rings. The van der Waals surface area contributed by atoms with E-state index in [1.54, 1.807) is 24.3 Å². The van der Waals surface area contributed by atoms with Crippen LogP contribution in [0.1, 0.15) is 33.7 Å². The van der Waals surface area contributed by atoms with Gasteiger partial charge in [-0.05, 0) is 55.1 Å². The summed E-state index contributed by atoms with van der Waals surface area (Å²) in [7, 11) is 0. The average Bonchev–Trinajstić information content (AvgIpc) is 3.28. The van der Waals surface area contributed by atoms with Gasteiger partial charge in [-0.2, -0.15) is 0 Å². The normalized spacial score (nSPS) is 14.9. The van der Waals surface area contributed by atoms with Crippen molar-refractivity contribution in [1.82, 2.24) is 31.5 Å². The Morgan fingerprint density at radius 3 is 2.38 bits per heavy atom. The van der Waals surface area contributed by atoms with E-state index in [1.165, 1.54) is 0 Å². The van der Waals surface area contributed by atoms with Gasteiger partial charge in [0.25, 0.3) is 11.8 Å². The predicted octanol–water partition coefficient (Wildman–Crippen LogP) is 0.370. The summed E-state index contributed by atoms with van der Waals surface area (Å²) in [6.07, 6.45) is 0.655. The third-order valence-corrected chi connectivity index (χ3v) is 5.29. The van der Waals surface area contributed by atoms with Crippen molar-refractivity contribution in [2.24, 2.45) is 0 Å². The lowest BCUT2D eigenvalue weighted by Crippen LogP contribution is -2.63. The molecule has 5 N–H and O–H groups in total. The minimum atomic E-state index is -1.20. The topological polar surface area (TPSA) is 171 Å². The van der Waals surface area contributed by atoms with Crippen LogP contribution >= 0.6 is 11.6 Å². The molecule has 3 rings (SSSR count). The van der Waals surface area contributed by atoms with E-state index < -0.39 is 28.1 Å². The van der Waals surface area contributed by atoms with E-state index in [2.05, 4.69) is 31.5 Å². The summed E-state index contributed by atoms with van der Waals surface area (Å²) in [5.74, 6) is -1.82. The SMILES string of the molecule is O=C(NCCNC(=O)C1(NC(=O)c2cc([N+](=O)[O-])[nH]n2)CCNCC1)c1ccc(Cl)cc1. The highest BCUT2D eigenvalue weighted by Gasteiger charge is 2.41. The number of piperidine rings is 1. The zero-order chi connectivity index (χ0) is 23.1. The molecular formula is C19H22ClN7O5. The Morgan fingerprint density at radius 1 is 1.09 bits per heavy atom. The second kappa shape index (κ2) is 10.2. The second-order valence-corrected chi connectivity index (χ2v) is 7.64. The molecule has 3 amide bonds. The van der Waals surface area contributed by atoms with E-state index in [0.717, 1.165) is 6.07 Å². The number of aromatic amines is 1. The van der Waals surface area contributed by atoms with Gasteiger partial charge in [-0.25, -0.2) is 0 Å². The fourth-order valence-electron chi connectivity index (χ4n) is 3.29. The highest BCUT2D eigenvalue weighted by Crippen LogP contribution is 2.20. The number of hydrogen-bond acceptors (Lipinski definition) is 7. The van der Waals surface area contributed by atoms with Gasteiger partial charge in [0.05, 0.1) is 6.07 Å². The first kappa shape index (κ1) is 23.2. The fraction of sp³-hybridized carbons (Fsp3) is 0.368. The maximum atomic E-state index is 12.9. The molecular weight excluding hydrogens is 442 g/mol. The molecule has 1 saturated heterocycles. The summed E-state index contributed by atoms with van der Waals surface area (Å²) < 4.78 is 0. The zero-order valence-corrected chi connectivity index (χ0v) is 17.7. The average molecular weight is 464 g/mol. The molecule has 1 fully saturated rings. The fourth-order valence-corrected chi connectivity index (χ4v) is 3.42. The Balaban J connectivity index is 1.56. The number of halogens is 1. The van der Waals surface area contributed by atoms with Gasteiger partial charge in [-0.15, -0.1) is 5.10 Å². The van der Waals surface area contributed by atoms with Crippen LogP contribution in [0.15, 0.2) is 30.3 Å². The first-order valence-corrected chi connectivity index (χ1v) is 10.2. The lowest BCUT2D eigenvalue weighted by Gasteiger charge is -2.36. The van der Waals surface area contributed by atoms with Crippen LogP contribution in [0, 0.1) is 10.1 Å². The number of carbonyl (C=O) groups excluding carboxylic acids is 3. The molecule has 0 bridgehead atoms. The number of amides is 3. The van der Waals surface area contributed by atoms with Crippen LogP contribution in [0.3, 0.4) is 0 Å². The molecule has 1 aliphatic heterocycles. The van der Waals surface area contributed by atoms with Crippen molar-refractivity contribution >= 4 is 35.1 Å². The molecule has 0 aliphatic carbocycles. The molecule has 12 nitrogen and oxygen atoms in total. The minimum Gasteiger partial charge on any atom is -0.358 e. The number of nitrogens with one attached hydrogen (secondary N) is 5. The number of nitrogens with zero attached hydrogens (tertiary/aromatic N) is 2. The molecule has 2 heterocycles. The Hall–Kier alpha value is -3.51. The van der Waals surface area contributed by atoms with E-state index in [-0.39, 0.29) is 24.7 Å². The molecule has 32 heavy (non-hydrogen) atoms. The lowest BCUT2D eigenvalue weighted by atomic mass is 9.87. The second-order valence-electron chi connectivity index (χ2n) is 7.20. The van der Waals surface area contributed by atoms with Gasteiger partial charge in [0.15, 0.2) is 5.69 Å². The smallest absolute Gasteiger partial charge is 0.343 e. The Bertz CT molecular complexity index is 1000. The third-order valence-electron chi connectivity index (χ3n) is 5.04.